The number of hydrogen-bond donors (Lipinski definition) is 0. The van der Waals surface area contributed by atoms with Gasteiger partial charge in [0.05, 0.1) is 6.07 Å². The van der Waals surface area contributed by atoms with Gasteiger partial charge in [0.2, 0.25) is 0 Å². The molecule has 0 spiro atoms. The zero-order chi connectivity index (χ0) is 9.83. The summed E-state index contributed by atoms with van der Waals surface area (Å²) in [5, 5.41) is 8.52. The first-order valence-corrected chi connectivity index (χ1v) is 4.74. The highest BCUT2D eigenvalue weighted by atomic mass is 14.4. The third-order valence-electron chi connectivity index (χ3n) is 3.58. The summed E-state index contributed by atoms with van der Waals surface area (Å²) in [7, 11) is 0. The highest BCUT2D eigenvalue weighted by molar-refractivity contribution is 4.87. The van der Waals surface area contributed by atoms with Crippen molar-refractivity contribution >= 4 is 0 Å². The highest BCUT2D eigenvalue weighted by Gasteiger charge is 2.34. The van der Waals surface area contributed by atoms with Crippen molar-refractivity contribution in [1.82, 2.24) is 0 Å². The van der Waals surface area contributed by atoms with Crippen LogP contribution in [0.1, 0.15) is 53.9 Å². The van der Waals surface area contributed by atoms with Crippen LogP contribution >= 0.6 is 0 Å². The number of hydrogen-bond acceptors (Lipinski definition) is 1. The van der Waals surface area contributed by atoms with Gasteiger partial charge in [-0.3, -0.25) is 0 Å². The second-order valence-corrected chi connectivity index (χ2v) is 4.78. The molecule has 0 radical (unpaired) electrons. The fraction of sp³-hybridized carbons (Fsp3) is 0.909. The minimum absolute atomic E-state index is 0.275. The second kappa shape index (κ2) is 3.94. The van der Waals surface area contributed by atoms with Gasteiger partial charge in [-0.15, -0.1) is 0 Å². The van der Waals surface area contributed by atoms with Gasteiger partial charge in [0.1, 0.15) is 0 Å². The monoisotopic (exact) mass is 167 g/mol. The Morgan fingerprint density at radius 1 is 1.08 bits per heavy atom. The first-order valence-electron chi connectivity index (χ1n) is 4.74. The van der Waals surface area contributed by atoms with Gasteiger partial charge in [0.25, 0.3) is 0 Å². The molecular formula is C11H21N. The third-order valence-corrected chi connectivity index (χ3v) is 3.58. The molecule has 1 nitrogen and oxygen atoms in total. The van der Waals surface area contributed by atoms with E-state index in [-0.39, 0.29) is 5.41 Å². The lowest BCUT2D eigenvalue weighted by Crippen LogP contribution is -2.31. The van der Waals surface area contributed by atoms with Crippen molar-refractivity contribution in [3.8, 4) is 6.07 Å². The van der Waals surface area contributed by atoms with Gasteiger partial charge < -0.3 is 0 Å². The fourth-order valence-corrected chi connectivity index (χ4v) is 1.19. The zero-order valence-corrected chi connectivity index (χ0v) is 9.07. The first-order chi connectivity index (χ1) is 5.37. The summed E-state index contributed by atoms with van der Waals surface area (Å²) in [6, 6.07) is 2.22. The van der Waals surface area contributed by atoms with E-state index in [1.165, 1.54) is 6.42 Å². The quantitative estimate of drug-likeness (QED) is 0.625. The third kappa shape index (κ3) is 2.52. The average molecular weight is 167 g/mol. The lowest BCUT2D eigenvalue weighted by molar-refractivity contribution is 0.0955. The molecule has 0 saturated carbocycles. The Kier molecular flexibility index (Phi) is 3.77. The predicted octanol–water partition coefficient (Wildman–Crippen LogP) is 3.75. The molecule has 12 heavy (non-hydrogen) atoms. The molecule has 0 aliphatic carbocycles. The number of rotatable bonds is 4. The van der Waals surface area contributed by atoms with E-state index < -0.39 is 0 Å². The van der Waals surface area contributed by atoms with Gasteiger partial charge in [0, 0.05) is 6.42 Å². The maximum Gasteiger partial charge on any atom is 0.0621 e. The molecule has 0 heterocycles. The lowest BCUT2D eigenvalue weighted by atomic mass is 9.64. The molecular weight excluding hydrogens is 146 g/mol. The number of nitrogens with zero attached hydrogens (tertiary/aromatic N) is 1. The van der Waals surface area contributed by atoms with Crippen molar-refractivity contribution in [2.45, 2.75) is 53.9 Å². The summed E-state index contributed by atoms with van der Waals surface area (Å²) in [5.41, 5.74) is 0.612. The maximum atomic E-state index is 8.52. The number of nitriles is 1. The topological polar surface area (TPSA) is 23.8 Å². The van der Waals surface area contributed by atoms with Crippen LogP contribution in [-0.2, 0) is 0 Å². The van der Waals surface area contributed by atoms with E-state index in [9.17, 15) is 0 Å². The predicted molar refractivity (Wildman–Crippen MR) is 52.7 cm³/mol. The SMILES string of the molecule is CCC(C)(C)C(C)(C)CCC#N. The standard InChI is InChI=1S/C11H21N/c1-6-10(2,3)11(4,5)8-7-9-12/h6-8H2,1-5H3. The maximum absolute atomic E-state index is 8.52. The molecule has 0 N–H and O–H groups in total. The molecule has 70 valence electrons. The van der Waals surface area contributed by atoms with Gasteiger partial charge in [-0.1, -0.05) is 41.0 Å². The molecule has 0 rings (SSSR count). The van der Waals surface area contributed by atoms with Crippen molar-refractivity contribution in [3.05, 3.63) is 0 Å². The van der Waals surface area contributed by atoms with E-state index in [1.54, 1.807) is 0 Å². The highest BCUT2D eigenvalue weighted by Crippen LogP contribution is 2.44. The Hall–Kier alpha value is -0.510. The van der Waals surface area contributed by atoms with E-state index in [0.29, 0.717) is 11.8 Å². The van der Waals surface area contributed by atoms with Crippen molar-refractivity contribution in [2.75, 3.05) is 0 Å². The van der Waals surface area contributed by atoms with Crippen molar-refractivity contribution in [1.29, 1.82) is 5.26 Å². The molecule has 0 fully saturated rings. The Bertz CT molecular complexity index is 172. The van der Waals surface area contributed by atoms with Gasteiger partial charge in [-0.2, -0.15) is 5.26 Å². The van der Waals surface area contributed by atoms with E-state index in [1.807, 2.05) is 0 Å². The van der Waals surface area contributed by atoms with E-state index >= 15 is 0 Å². The molecule has 0 aromatic heterocycles. The molecule has 0 amide bonds. The molecule has 0 saturated heterocycles. The Morgan fingerprint density at radius 2 is 1.58 bits per heavy atom. The van der Waals surface area contributed by atoms with Crippen LogP contribution in [-0.4, -0.2) is 0 Å². The molecule has 0 aliphatic heterocycles. The summed E-state index contributed by atoms with van der Waals surface area (Å²) in [6.45, 7) is 11.3. The average Bonchev–Trinajstić information content (AvgIpc) is 2.00. The lowest BCUT2D eigenvalue weighted by Gasteiger charge is -2.41. The minimum atomic E-state index is 0.275. The molecule has 0 unspecified atom stereocenters. The van der Waals surface area contributed by atoms with Gasteiger partial charge >= 0.3 is 0 Å². The largest absolute Gasteiger partial charge is 0.198 e. The summed E-state index contributed by atoms with van der Waals surface area (Å²) < 4.78 is 0. The zero-order valence-electron chi connectivity index (χ0n) is 9.07. The van der Waals surface area contributed by atoms with E-state index in [0.717, 1.165) is 6.42 Å². The summed E-state index contributed by atoms with van der Waals surface area (Å²) >= 11 is 0. The smallest absolute Gasteiger partial charge is 0.0621 e. The first kappa shape index (κ1) is 11.5. The Labute approximate surface area is 76.8 Å². The molecule has 0 aromatic carbocycles. The molecule has 0 bridgehead atoms. The Balaban J connectivity index is 4.29. The van der Waals surface area contributed by atoms with Crippen molar-refractivity contribution in [3.63, 3.8) is 0 Å². The fourth-order valence-electron chi connectivity index (χ4n) is 1.19. The van der Waals surface area contributed by atoms with Crippen LogP contribution in [0.3, 0.4) is 0 Å². The molecule has 0 aliphatic rings. The van der Waals surface area contributed by atoms with E-state index in [2.05, 4.69) is 40.7 Å². The molecule has 0 aromatic rings. The van der Waals surface area contributed by atoms with Crippen LogP contribution < -0.4 is 0 Å². The van der Waals surface area contributed by atoms with Crippen LogP contribution in [0, 0.1) is 22.2 Å². The summed E-state index contributed by atoms with van der Waals surface area (Å²) in [5.74, 6) is 0. The van der Waals surface area contributed by atoms with Gasteiger partial charge in [-0.25, -0.2) is 0 Å². The summed E-state index contributed by atoms with van der Waals surface area (Å²) in [6.07, 6.45) is 2.85. The van der Waals surface area contributed by atoms with E-state index in [4.69, 9.17) is 5.26 Å². The minimum Gasteiger partial charge on any atom is -0.198 e. The van der Waals surface area contributed by atoms with Crippen LogP contribution in [0.25, 0.3) is 0 Å². The molecule has 0 atom stereocenters. The van der Waals surface area contributed by atoms with Crippen LogP contribution in [0.5, 0.6) is 0 Å². The Morgan fingerprint density at radius 3 is 1.92 bits per heavy atom. The second-order valence-electron chi connectivity index (χ2n) is 4.78. The normalized spacial score (nSPS) is 12.7. The van der Waals surface area contributed by atoms with Gasteiger partial charge in [-0.05, 0) is 17.3 Å². The van der Waals surface area contributed by atoms with Crippen molar-refractivity contribution in [2.24, 2.45) is 10.8 Å². The van der Waals surface area contributed by atoms with Crippen LogP contribution in [0.15, 0.2) is 0 Å². The molecule has 1 heteroatoms. The summed E-state index contributed by atoms with van der Waals surface area (Å²) in [4.78, 5) is 0. The van der Waals surface area contributed by atoms with Crippen molar-refractivity contribution < 1.29 is 0 Å². The van der Waals surface area contributed by atoms with Gasteiger partial charge in [0.15, 0.2) is 0 Å². The van der Waals surface area contributed by atoms with Crippen LogP contribution in [0.4, 0.5) is 0 Å². The van der Waals surface area contributed by atoms with Crippen LogP contribution in [0.2, 0.25) is 0 Å².